The molecule has 5 N–H and O–H groups in total. The Kier molecular flexibility index (Phi) is 8.49. The van der Waals surface area contributed by atoms with Crippen LogP contribution in [0, 0.1) is 0 Å². The standard InChI is InChI=1S/C14H20BrN3O4/c15-12-8-10(4-5-13(12)19)7-11(17-21)9-16-6-2-1-3-14(20)18-22/h4-5,8,16,19,21-22H,1-3,6-7,9H2,(H,18,20). The van der Waals surface area contributed by atoms with Crippen molar-refractivity contribution >= 4 is 27.5 Å². The molecule has 0 atom stereocenters. The molecule has 0 bridgehead atoms. The van der Waals surface area contributed by atoms with Gasteiger partial charge in [0.2, 0.25) is 5.91 Å². The maximum Gasteiger partial charge on any atom is 0.243 e. The minimum atomic E-state index is -0.393. The Hall–Kier alpha value is -1.64. The van der Waals surface area contributed by atoms with Crippen molar-refractivity contribution in [2.24, 2.45) is 5.16 Å². The molecule has 0 radical (unpaired) electrons. The molecule has 7 nitrogen and oxygen atoms in total. The lowest BCUT2D eigenvalue weighted by atomic mass is 10.1. The van der Waals surface area contributed by atoms with Crippen LogP contribution in [0.1, 0.15) is 24.8 Å². The van der Waals surface area contributed by atoms with Gasteiger partial charge in [0.15, 0.2) is 0 Å². The van der Waals surface area contributed by atoms with Crippen LogP contribution in [0.25, 0.3) is 0 Å². The van der Waals surface area contributed by atoms with Crippen LogP contribution in [0.2, 0.25) is 0 Å². The van der Waals surface area contributed by atoms with E-state index >= 15 is 0 Å². The molecule has 0 aliphatic carbocycles. The molecule has 1 aromatic carbocycles. The molecule has 0 aromatic heterocycles. The van der Waals surface area contributed by atoms with Gasteiger partial charge >= 0.3 is 0 Å². The van der Waals surface area contributed by atoms with E-state index in [1.807, 2.05) is 0 Å². The average molecular weight is 374 g/mol. The Morgan fingerprint density at radius 2 is 2.09 bits per heavy atom. The van der Waals surface area contributed by atoms with Crippen molar-refractivity contribution in [3.8, 4) is 5.75 Å². The van der Waals surface area contributed by atoms with E-state index < -0.39 is 5.91 Å². The molecule has 0 aliphatic heterocycles. The zero-order valence-corrected chi connectivity index (χ0v) is 13.6. The number of phenols is 1. The number of hydrogen-bond donors (Lipinski definition) is 5. The lowest BCUT2D eigenvalue weighted by Gasteiger charge is -2.08. The van der Waals surface area contributed by atoms with Crippen LogP contribution in [0.4, 0.5) is 0 Å². The van der Waals surface area contributed by atoms with Gasteiger partial charge in [-0.3, -0.25) is 10.0 Å². The number of hydroxylamine groups is 1. The Morgan fingerprint density at radius 1 is 1.32 bits per heavy atom. The number of amides is 1. The number of carbonyl (C=O) groups excluding carboxylic acids is 1. The first-order valence-electron chi connectivity index (χ1n) is 6.87. The van der Waals surface area contributed by atoms with E-state index in [0.29, 0.717) is 36.1 Å². The molecular weight excluding hydrogens is 354 g/mol. The summed E-state index contributed by atoms with van der Waals surface area (Å²) in [5.74, 6) is -0.230. The summed E-state index contributed by atoms with van der Waals surface area (Å²) in [5, 5.41) is 33.2. The third-order valence-electron chi connectivity index (χ3n) is 3.02. The number of benzene rings is 1. The summed E-state index contributed by atoms with van der Waals surface area (Å²) in [6, 6.07) is 5.11. The number of nitrogens with zero attached hydrogens (tertiary/aromatic N) is 1. The van der Waals surface area contributed by atoms with Crippen LogP contribution >= 0.6 is 15.9 Å². The highest BCUT2D eigenvalue weighted by Crippen LogP contribution is 2.24. The molecule has 122 valence electrons. The number of phenolic OH excluding ortho intramolecular Hbond substituents is 1. The molecule has 0 unspecified atom stereocenters. The molecule has 0 saturated heterocycles. The molecule has 0 fully saturated rings. The van der Waals surface area contributed by atoms with Crippen molar-refractivity contribution in [1.29, 1.82) is 0 Å². The van der Waals surface area contributed by atoms with Crippen LogP contribution in [0.3, 0.4) is 0 Å². The quantitative estimate of drug-likeness (QED) is 0.149. The summed E-state index contributed by atoms with van der Waals surface area (Å²) in [7, 11) is 0. The summed E-state index contributed by atoms with van der Waals surface area (Å²) < 4.78 is 0.595. The minimum absolute atomic E-state index is 0.163. The predicted octanol–water partition coefficient (Wildman–Crippen LogP) is 1.79. The second-order valence-corrected chi connectivity index (χ2v) is 5.65. The van der Waals surface area contributed by atoms with Crippen LogP contribution in [-0.4, -0.2) is 40.2 Å². The Labute approximate surface area is 137 Å². The lowest BCUT2D eigenvalue weighted by molar-refractivity contribution is -0.129. The molecule has 0 heterocycles. The fourth-order valence-electron chi connectivity index (χ4n) is 1.85. The van der Waals surface area contributed by atoms with Gasteiger partial charge in [-0.2, -0.15) is 0 Å². The van der Waals surface area contributed by atoms with Crippen LogP contribution in [0.5, 0.6) is 5.75 Å². The number of unbranched alkanes of at least 4 members (excludes halogenated alkanes) is 1. The van der Waals surface area contributed by atoms with E-state index in [9.17, 15) is 9.90 Å². The van der Waals surface area contributed by atoms with Crippen molar-refractivity contribution in [3.63, 3.8) is 0 Å². The number of nitrogens with one attached hydrogen (secondary N) is 2. The Bertz CT molecular complexity index is 523. The number of aromatic hydroxyl groups is 1. The van der Waals surface area contributed by atoms with E-state index in [0.717, 1.165) is 12.0 Å². The van der Waals surface area contributed by atoms with E-state index in [2.05, 4.69) is 26.4 Å². The fraction of sp³-hybridized carbons (Fsp3) is 0.429. The second kappa shape index (κ2) is 10.1. The number of carbonyl (C=O) groups is 1. The smallest absolute Gasteiger partial charge is 0.243 e. The maximum atomic E-state index is 10.8. The molecule has 22 heavy (non-hydrogen) atoms. The Balaban J connectivity index is 2.28. The highest BCUT2D eigenvalue weighted by atomic mass is 79.9. The SMILES string of the molecule is O=C(CCCCNCC(Cc1ccc(O)c(Br)c1)=NO)NO. The Morgan fingerprint density at radius 3 is 2.73 bits per heavy atom. The van der Waals surface area contributed by atoms with Crippen molar-refractivity contribution in [3.05, 3.63) is 28.2 Å². The predicted molar refractivity (Wildman–Crippen MR) is 85.4 cm³/mol. The highest BCUT2D eigenvalue weighted by molar-refractivity contribution is 9.10. The zero-order chi connectivity index (χ0) is 16.4. The number of hydrogen-bond acceptors (Lipinski definition) is 6. The molecule has 1 rings (SSSR count). The lowest BCUT2D eigenvalue weighted by Crippen LogP contribution is -2.26. The molecule has 8 heteroatoms. The molecule has 1 aromatic rings. The average Bonchev–Trinajstić information content (AvgIpc) is 2.52. The summed E-state index contributed by atoms with van der Waals surface area (Å²) in [6.45, 7) is 1.11. The van der Waals surface area contributed by atoms with Gasteiger partial charge in [0, 0.05) is 19.4 Å². The van der Waals surface area contributed by atoms with Crippen LogP contribution in [0.15, 0.2) is 27.8 Å². The van der Waals surface area contributed by atoms with E-state index in [-0.39, 0.29) is 12.2 Å². The number of rotatable bonds is 9. The summed E-state index contributed by atoms with van der Waals surface area (Å²) in [5.41, 5.74) is 3.08. The molecule has 1 amide bonds. The second-order valence-electron chi connectivity index (χ2n) is 4.80. The molecule has 0 saturated carbocycles. The van der Waals surface area contributed by atoms with E-state index in [1.165, 1.54) is 0 Å². The summed E-state index contributed by atoms with van der Waals surface area (Å²) >= 11 is 3.24. The van der Waals surface area contributed by atoms with Crippen LogP contribution < -0.4 is 10.8 Å². The molecular formula is C14H20BrN3O4. The topological polar surface area (TPSA) is 114 Å². The minimum Gasteiger partial charge on any atom is -0.507 e. The maximum absolute atomic E-state index is 10.8. The first kappa shape index (κ1) is 18.4. The van der Waals surface area contributed by atoms with E-state index in [4.69, 9.17) is 10.4 Å². The van der Waals surface area contributed by atoms with Gasteiger partial charge in [-0.15, -0.1) is 0 Å². The normalized spacial score (nSPS) is 11.5. The number of halogens is 1. The monoisotopic (exact) mass is 373 g/mol. The first-order valence-corrected chi connectivity index (χ1v) is 7.67. The molecule has 0 spiro atoms. The fourth-order valence-corrected chi connectivity index (χ4v) is 2.28. The van der Waals surface area contributed by atoms with Crippen molar-refractivity contribution < 1.29 is 20.3 Å². The largest absolute Gasteiger partial charge is 0.507 e. The summed E-state index contributed by atoms with van der Waals surface area (Å²) in [4.78, 5) is 10.8. The van der Waals surface area contributed by atoms with Crippen LogP contribution in [-0.2, 0) is 11.2 Å². The van der Waals surface area contributed by atoms with Gasteiger partial charge in [-0.25, -0.2) is 5.48 Å². The van der Waals surface area contributed by atoms with Gasteiger partial charge in [-0.05, 0) is 53.0 Å². The third-order valence-corrected chi connectivity index (χ3v) is 3.66. The van der Waals surface area contributed by atoms with Gasteiger partial charge < -0.3 is 15.6 Å². The molecule has 0 aliphatic rings. The van der Waals surface area contributed by atoms with E-state index in [1.54, 1.807) is 23.7 Å². The zero-order valence-electron chi connectivity index (χ0n) is 12.0. The third kappa shape index (κ3) is 6.88. The van der Waals surface area contributed by atoms with Crippen molar-refractivity contribution in [2.45, 2.75) is 25.7 Å². The summed E-state index contributed by atoms with van der Waals surface area (Å²) in [6.07, 6.45) is 2.18. The van der Waals surface area contributed by atoms with Gasteiger partial charge in [0.25, 0.3) is 0 Å². The highest BCUT2D eigenvalue weighted by Gasteiger charge is 2.05. The van der Waals surface area contributed by atoms with Crippen molar-refractivity contribution in [2.75, 3.05) is 13.1 Å². The first-order chi connectivity index (χ1) is 10.6. The number of oxime groups is 1. The van der Waals surface area contributed by atoms with Gasteiger partial charge in [-0.1, -0.05) is 11.2 Å². The van der Waals surface area contributed by atoms with Gasteiger partial charge in [0.1, 0.15) is 5.75 Å². The van der Waals surface area contributed by atoms with Crippen molar-refractivity contribution in [1.82, 2.24) is 10.8 Å². The van der Waals surface area contributed by atoms with Gasteiger partial charge in [0.05, 0.1) is 10.2 Å².